The van der Waals surface area contributed by atoms with Crippen molar-refractivity contribution < 1.29 is 24.5 Å². The van der Waals surface area contributed by atoms with Gasteiger partial charge in [0.25, 0.3) is 0 Å². The second-order valence-electron chi connectivity index (χ2n) is 21.4. The Labute approximate surface area is 431 Å². The van der Waals surface area contributed by atoms with Crippen LogP contribution < -0.4 is 5.32 Å². The van der Waals surface area contributed by atoms with Crippen LogP contribution in [0.1, 0.15) is 341 Å². The van der Waals surface area contributed by atoms with Crippen molar-refractivity contribution in [2.75, 3.05) is 13.2 Å². The topological polar surface area (TPSA) is 95.9 Å². The van der Waals surface area contributed by atoms with Gasteiger partial charge >= 0.3 is 5.97 Å². The largest absolute Gasteiger partial charge is 0.466 e. The standard InChI is InChI=1S/C63H121NO5/c1-3-5-7-9-11-13-15-16-33-37-41-45-49-53-57-63(68)69-58-54-50-46-42-38-34-31-29-27-25-23-21-19-17-18-20-22-24-26-28-30-32-36-40-44-48-52-56-62(67)64-60(59-65)61(66)55-51-47-43-39-35-14-12-10-8-6-4-2/h17-18,51,55,60-61,65-66H,3-16,19-50,52-54,56-59H2,1-2H3,(H,64,67)/b18-17-,55-51+. The minimum atomic E-state index is -0.843. The molecule has 0 saturated heterocycles. The molecule has 2 atom stereocenters. The Morgan fingerprint density at radius 2 is 0.681 bits per heavy atom. The first-order valence-electron chi connectivity index (χ1n) is 31.1. The normalized spacial score (nSPS) is 12.7. The fourth-order valence-corrected chi connectivity index (χ4v) is 9.69. The second-order valence-corrected chi connectivity index (χ2v) is 21.4. The number of nitrogens with one attached hydrogen (secondary N) is 1. The lowest BCUT2D eigenvalue weighted by Gasteiger charge is -2.20. The number of aliphatic hydroxyl groups excluding tert-OH is 2. The predicted octanol–water partition coefficient (Wildman–Crippen LogP) is 19.4. The molecule has 408 valence electrons. The van der Waals surface area contributed by atoms with Crippen LogP contribution in [0, 0.1) is 0 Å². The molecule has 0 aliphatic rings. The molecular formula is C63H121NO5. The quantitative estimate of drug-likeness (QED) is 0.0321. The number of rotatable bonds is 58. The number of carbonyl (C=O) groups excluding carboxylic acids is 2. The van der Waals surface area contributed by atoms with Gasteiger partial charge in [-0.3, -0.25) is 9.59 Å². The van der Waals surface area contributed by atoms with Gasteiger partial charge in [-0.05, 0) is 57.8 Å². The lowest BCUT2D eigenvalue weighted by molar-refractivity contribution is -0.143. The number of hydrogen-bond acceptors (Lipinski definition) is 5. The predicted molar refractivity (Wildman–Crippen MR) is 301 cm³/mol. The Balaban J connectivity index is 3.37. The Kier molecular flexibility index (Phi) is 57.5. The van der Waals surface area contributed by atoms with Crippen molar-refractivity contribution in [2.24, 2.45) is 0 Å². The molecule has 6 nitrogen and oxygen atoms in total. The van der Waals surface area contributed by atoms with E-state index in [4.69, 9.17) is 4.74 Å². The van der Waals surface area contributed by atoms with Gasteiger partial charge in [0.2, 0.25) is 5.91 Å². The van der Waals surface area contributed by atoms with Crippen LogP contribution in [0.2, 0.25) is 0 Å². The number of esters is 1. The number of aliphatic hydroxyl groups is 2. The van der Waals surface area contributed by atoms with Crippen molar-refractivity contribution >= 4 is 11.9 Å². The van der Waals surface area contributed by atoms with E-state index < -0.39 is 12.1 Å². The summed E-state index contributed by atoms with van der Waals surface area (Å²) in [5.74, 6) is -0.0520. The van der Waals surface area contributed by atoms with Crippen molar-refractivity contribution in [2.45, 2.75) is 353 Å². The van der Waals surface area contributed by atoms with Crippen molar-refractivity contribution in [3.63, 3.8) is 0 Å². The number of ether oxygens (including phenoxy) is 1. The number of hydrogen-bond donors (Lipinski definition) is 3. The molecule has 0 aromatic heterocycles. The molecule has 0 spiro atoms. The molecule has 1 amide bonds. The molecule has 0 aliphatic carbocycles. The summed E-state index contributed by atoms with van der Waals surface area (Å²) >= 11 is 0. The molecule has 0 radical (unpaired) electrons. The fraction of sp³-hybridized carbons (Fsp3) is 0.905. The van der Waals surface area contributed by atoms with Gasteiger partial charge in [0, 0.05) is 12.8 Å². The van der Waals surface area contributed by atoms with E-state index in [1.807, 2.05) is 6.08 Å². The van der Waals surface area contributed by atoms with Gasteiger partial charge in [-0.2, -0.15) is 0 Å². The monoisotopic (exact) mass is 972 g/mol. The molecule has 0 bridgehead atoms. The average Bonchev–Trinajstić information content (AvgIpc) is 3.35. The van der Waals surface area contributed by atoms with E-state index >= 15 is 0 Å². The third-order valence-electron chi connectivity index (χ3n) is 14.5. The molecule has 6 heteroatoms. The maximum atomic E-state index is 12.4. The zero-order valence-electron chi connectivity index (χ0n) is 46.6. The zero-order valence-corrected chi connectivity index (χ0v) is 46.6. The van der Waals surface area contributed by atoms with E-state index in [2.05, 4.69) is 31.3 Å². The van der Waals surface area contributed by atoms with Crippen molar-refractivity contribution in [1.82, 2.24) is 5.32 Å². The first-order valence-corrected chi connectivity index (χ1v) is 31.1. The minimum Gasteiger partial charge on any atom is -0.466 e. The van der Waals surface area contributed by atoms with Gasteiger partial charge < -0.3 is 20.3 Å². The first kappa shape index (κ1) is 67.3. The summed E-state index contributed by atoms with van der Waals surface area (Å²) in [4.78, 5) is 24.5. The van der Waals surface area contributed by atoms with Crippen LogP contribution >= 0.6 is 0 Å². The van der Waals surface area contributed by atoms with Gasteiger partial charge in [0.1, 0.15) is 0 Å². The molecule has 2 unspecified atom stereocenters. The summed E-state index contributed by atoms with van der Waals surface area (Å²) < 4.78 is 5.49. The molecule has 3 N–H and O–H groups in total. The van der Waals surface area contributed by atoms with Gasteiger partial charge in [0.15, 0.2) is 0 Å². The lowest BCUT2D eigenvalue weighted by Crippen LogP contribution is -2.45. The molecule has 0 aromatic carbocycles. The fourth-order valence-electron chi connectivity index (χ4n) is 9.69. The number of allylic oxidation sites excluding steroid dienone is 3. The van der Waals surface area contributed by atoms with Crippen molar-refractivity contribution in [3.05, 3.63) is 24.3 Å². The highest BCUT2D eigenvalue weighted by Gasteiger charge is 2.18. The minimum absolute atomic E-state index is 0.0171. The lowest BCUT2D eigenvalue weighted by atomic mass is 10.0. The maximum absolute atomic E-state index is 12.4. The second kappa shape index (κ2) is 58.9. The van der Waals surface area contributed by atoms with E-state index in [-0.39, 0.29) is 18.5 Å². The summed E-state index contributed by atoms with van der Waals surface area (Å²) in [6.07, 6.45) is 72.3. The number of amides is 1. The Hall–Kier alpha value is -1.66. The van der Waals surface area contributed by atoms with Crippen molar-refractivity contribution in [1.29, 1.82) is 0 Å². The highest BCUT2D eigenvalue weighted by atomic mass is 16.5. The highest BCUT2D eigenvalue weighted by molar-refractivity contribution is 5.76. The average molecular weight is 973 g/mol. The molecule has 0 fully saturated rings. The summed E-state index contributed by atoms with van der Waals surface area (Å²) in [7, 11) is 0. The van der Waals surface area contributed by atoms with Gasteiger partial charge in [-0.1, -0.05) is 295 Å². The summed E-state index contributed by atoms with van der Waals surface area (Å²) in [6, 6.07) is -0.626. The summed E-state index contributed by atoms with van der Waals surface area (Å²) in [5.41, 5.74) is 0. The van der Waals surface area contributed by atoms with Crippen LogP contribution in [-0.4, -0.2) is 47.4 Å². The summed E-state index contributed by atoms with van der Waals surface area (Å²) in [6.45, 7) is 4.91. The molecule has 0 aliphatic heterocycles. The van der Waals surface area contributed by atoms with E-state index in [9.17, 15) is 19.8 Å². The third-order valence-corrected chi connectivity index (χ3v) is 14.5. The Morgan fingerprint density at radius 3 is 1.03 bits per heavy atom. The number of carbonyl (C=O) groups is 2. The first-order chi connectivity index (χ1) is 34.0. The SMILES string of the molecule is CCCCCCCCCCC/C=C/C(O)C(CO)NC(=O)CCCCCCCCCCCCC/C=C\CCCCCCCCCCCCCCOC(=O)CCCCCCCCCCCCCCCC. The van der Waals surface area contributed by atoms with E-state index in [1.54, 1.807) is 6.08 Å². The number of unbranched alkanes of at least 4 members (excludes halogenated alkanes) is 45. The Bertz CT molecular complexity index is 1080. The van der Waals surface area contributed by atoms with Crippen LogP contribution in [0.4, 0.5) is 0 Å². The molecule has 69 heavy (non-hydrogen) atoms. The van der Waals surface area contributed by atoms with E-state index in [0.29, 0.717) is 19.4 Å². The molecule has 0 saturated carbocycles. The Morgan fingerprint density at radius 1 is 0.391 bits per heavy atom. The van der Waals surface area contributed by atoms with E-state index in [1.165, 1.54) is 276 Å². The van der Waals surface area contributed by atoms with Crippen LogP contribution in [-0.2, 0) is 14.3 Å². The summed E-state index contributed by atoms with van der Waals surface area (Å²) in [5, 5.41) is 23.0. The maximum Gasteiger partial charge on any atom is 0.305 e. The molecule has 0 rings (SSSR count). The van der Waals surface area contributed by atoms with Crippen molar-refractivity contribution in [3.8, 4) is 0 Å². The molecular weight excluding hydrogens is 851 g/mol. The van der Waals surface area contributed by atoms with Crippen LogP contribution in [0.15, 0.2) is 24.3 Å². The molecule has 0 aromatic rings. The van der Waals surface area contributed by atoms with Crippen LogP contribution in [0.25, 0.3) is 0 Å². The van der Waals surface area contributed by atoms with Gasteiger partial charge in [-0.15, -0.1) is 0 Å². The highest BCUT2D eigenvalue weighted by Crippen LogP contribution is 2.17. The zero-order chi connectivity index (χ0) is 50.0. The van der Waals surface area contributed by atoms with Crippen LogP contribution in [0.5, 0.6) is 0 Å². The van der Waals surface area contributed by atoms with E-state index in [0.717, 1.165) is 38.5 Å². The van der Waals surface area contributed by atoms with Gasteiger partial charge in [0.05, 0.1) is 25.4 Å². The third kappa shape index (κ3) is 55.5. The van der Waals surface area contributed by atoms with Gasteiger partial charge in [-0.25, -0.2) is 0 Å². The van der Waals surface area contributed by atoms with Crippen LogP contribution in [0.3, 0.4) is 0 Å². The molecule has 0 heterocycles. The smallest absolute Gasteiger partial charge is 0.305 e.